The number of hydrogen-bond donors (Lipinski definition) is 0. The average molecular weight is 575 g/mol. The average Bonchev–Trinajstić information content (AvgIpc) is 1.25. The van der Waals surface area contributed by atoms with E-state index in [-0.39, 0.29) is 54.6 Å². The fraction of sp³-hybridized carbons (Fsp3) is 0. The molecule has 0 rings (SSSR count). The van der Waals surface area contributed by atoms with E-state index in [1.165, 1.54) is 0 Å². The fourth-order valence-electron chi connectivity index (χ4n) is 0. The molecule has 0 fully saturated rings. The number of hydrogen-bond acceptors (Lipinski definition) is 6. The van der Waals surface area contributed by atoms with Gasteiger partial charge in [-0.1, -0.05) is 0 Å². The summed E-state index contributed by atoms with van der Waals surface area (Å²) in [6.07, 6.45) is 0. The summed E-state index contributed by atoms with van der Waals surface area (Å²) in [5.41, 5.74) is 0. The zero-order chi connectivity index (χ0) is 7.15. The summed E-state index contributed by atoms with van der Waals surface area (Å²) in [5.74, 6) is 0. The van der Waals surface area contributed by atoms with Crippen molar-refractivity contribution in [2.24, 2.45) is 0 Å². The molecule has 10 heavy (non-hydrogen) atoms. The largest absolute Gasteiger partial charge is 2.00 e. The van der Waals surface area contributed by atoms with Crippen molar-refractivity contribution in [3.63, 3.8) is 0 Å². The topological polar surface area (TPSA) is 126 Å². The Kier molecular flexibility index (Phi) is 39.0. The van der Waals surface area contributed by atoms with Gasteiger partial charge in [0.05, 0.1) is 0 Å². The van der Waals surface area contributed by atoms with Gasteiger partial charge in [0, 0.05) is 0 Å². The third-order valence-electron chi connectivity index (χ3n) is 0. The van der Waals surface area contributed by atoms with E-state index >= 15 is 0 Å². The van der Waals surface area contributed by atoms with Crippen LogP contribution in [-0.2, 0) is 22.7 Å². The van der Waals surface area contributed by atoms with Gasteiger partial charge in [-0.15, -0.1) is 22.7 Å². The Hall–Kier alpha value is 1.98. The first-order valence-corrected chi connectivity index (χ1v) is 3.00. The van der Waals surface area contributed by atoms with Crippen molar-refractivity contribution in [1.82, 2.24) is 0 Å². The third kappa shape index (κ3) is 205. The van der Waals surface area contributed by atoms with Crippen LogP contribution in [0.5, 0.6) is 0 Å². The maximum Gasteiger partial charge on any atom is 2.00 e. The van der Waals surface area contributed by atoms with E-state index in [2.05, 4.69) is 0 Å². The molecule has 0 aliphatic rings. The van der Waals surface area contributed by atoms with Crippen molar-refractivity contribution in [3.05, 3.63) is 0 Å². The van der Waals surface area contributed by atoms with Gasteiger partial charge in [0.2, 0.25) is 0 Å². The van der Waals surface area contributed by atoms with Gasteiger partial charge in [-0.2, -0.15) is 0 Å². The van der Waals surface area contributed by atoms with Crippen molar-refractivity contribution >= 4 is 77.3 Å². The van der Waals surface area contributed by atoms with Gasteiger partial charge < -0.3 is 18.2 Å². The van der Waals surface area contributed by atoms with Crippen LogP contribution in [0.1, 0.15) is 0 Å². The van der Waals surface area contributed by atoms with E-state index in [1.54, 1.807) is 0 Å². The number of rotatable bonds is 0. The smallest absolute Gasteiger partial charge is 0.784 e. The molecule has 0 N–H and O–H groups in total. The van der Waals surface area contributed by atoms with Crippen LogP contribution in [0.25, 0.3) is 0 Å². The summed E-state index contributed by atoms with van der Waals surface area (Å²) in [6, 6.07) is 0. The zero-order valence-corrected chi connectivity index (χ0v) is 13.7. The van der Waals surface area contributed by atoms with Crippen LogP contribution in [0.2, 0.25) is 0 Å². The fourth-order valence-corrected chi connectivity index (χ4v) is 0. The third-order valence-corrected chi connectivity index (χ3v) is 0. The van der Waals surface area contributed by atoms with Gasteiger partial charge in [-0.25, -0.2) is 0 Å². The summed E-state index contributed by atoms with van der Waals surface area (Å²) in [6.45, 7) is 0. The summed E-state index contributed by atoms with van der Waals surface area (Å²) in [4.78, 5) is 0. The molecular formula is O6Pb2S2. The molecule has 0 saturated carbocycles. The molecule has 4 radical (unpaired) electrons. The van der Waals surface area contributed by atoms with Crippen molar-refractivity contribution in [2.75, 3.05) is 0 Å². The minimum Gasteiger partial charge on any atom is -0.784 e. The Morgan fingerprint density at radius 3 is 0.700 bits per heavy atom. The Morgan fingerprint density at radius 1 is 0.700 bits per heavy atom. The van der Waals surface area contributed by atoms with Gasteiger partial charge in [-0.05, 0) is 0 Å². The van der Waals surface area contributed by atoms with Crippen molar-refractivity contribution in [2.45, 2.75) is 0 Å². The van der Waals surface area contributed by atoms with E-state index in [0.29, 0.717) is 0 Å². The standard InChI is InChI=1S/2H2O3S.2Pb/c2*1-4(2)3;;/h2*(H2,1,2,3);;/q;;2*+2/p-4. The first-order chi connectivity index (χ1) is 3.46. The van der Waals surface area contributed by atoms with Gasteiger partial charge in [0.25, 0.3) is 0 Å². The second kappa shape index (κ2) is 17.2. The zero-order valence-electron chi connectivity index (χ0n) is 4.27. The molecule has 0 amide bonds. The quantitative estimate of drug-likeness (QED) is 0.228. The minimum absolute atomic E-state index is 0. The van der Waals surface area contributed by atoms with Crippen LogP contribution in [0, 0.1) is 0 Å². The van der Waals surface area contributed by atoms with Gasteiger partial charge in [0.15, 0.2) is 0 Å². The van der Waals surface area contributed by atoms with Crippen molar-refractivity contribution in [1.29, 1.82) is 0 Å². The van der Waals surface area contributed by atoms with E-state index < -0.39 is 22.7 Å². The Labute approximate surface area is 103 Å². The Balaban J connectivity index is -0.0000000300. The van der Waals surface area contributed by atoms with Crippen LogP contribution >= 0.6 is 0 Å². The molecule has 0 heterocycles. The van der Waals surface area contributed by atoms with E-state index in [0.717, 1.165) is 0 Å². The van der Waals surface area contributed by atoms with Gasteiger partial charge in [-0.3, -0.25) is 8.42 Å². The predicted molar refractivity (Wildman–Crippen MR) is 30.9 cm³/mol. The molecule has 0 atom stereocenters. The van der Waals surface area contributed by atoms with Crippen LogP contribution in [-0.4, -0.2) is 81.2 Å². The Bertz CT molecular complexity index is 71.7. The van der Waals surface area contributed by atoms with Gasteiger partial charge >= 0.3 is 54.6 Å². The molecular weight excluding hydrogens is 575 g/mol. The van der Waals surface area contributed by atoms with Crippen molar-refractivity contribution in [3.8, 4) is 0 Å². The van der Waals surface area contributed by atoms with Gasteiger partial charge in [0.1, 0.15) is 0 Å². The first-order valence-electron chi connectivity index (χ1n) is 1.00. The predicted octanol–water partition coefficient (Wildman–Crippen LogP) is -2.77. The molecule has 6 nitrogen and oxygen atoms in total. The van der Waals surface area contributed by atoms with Crippen LogP contribution in [0.15, 0.2) is 0 Å². The molecule has 0 unspecified atom stereocenters. The SMILES string of the molecule is O=S([O-])[O-].O=S([O-])[O-].[Pb+2].[Pb+2]. The monoisotopic (exact) mass is 576 g/mol. The molecule has 0 bridgehead atoms. The molecule has 0 aliphatic carbocycles. The van der Waals surface area contributed by atoms with Crippen molar-refractivity contribution < 1.29 is 26.6 Å². The summed E-state index contributed by atoms with van der Waals surface area (Å²) < 4.78 is 50.7. The van der Waals surface area contributed by atoms with E-state index in [9.17, 15) is 0 Å². The van der Waals surface area contributed by atoms with E-state index in [4.69, 9.17) is 26.6 Å². The molecule has 0 aliphatic heterocycles. The summed E-state index contributed by atoms with van der Waals surface area (Å²) >= 11 is -6.22. The first kappa shape index (κ1) is 22.7. The molecule has 0 aromatic heterocycles. The van der Waals surface area contributed by atoms with Crippen LogP contribution < -0.4 is 0 Å². The molecule has 0 spiro atoms. The second-order valence-corrected chi connectivity index (χ2v) is 1.22. The summed E-state index contributed by atoms with van der Waals surface area (Å²) in [7, 11) is 0. The molecule has 0 aromatic rings. The molecule has 10 heteroatoms. The normalized spacial score (nSPS) is 7.00. The maximum atomic E-state index is 8.44. The molecule has 56 valence electrons. The van der Waals surface area contributed by atoms with E-state index in [1.807, 2.05) is 0 Å². The van der Waals surface area contributed by atoms with Crippen LogP contribution in [0.3, 0.4) is 0 Å². The summed E-state index contributed by atoms with van der Waals surface area (Å²) in [5, 5.41) is 0. The Morgan fingerprint density at radius 2 is 0.700 bits per heavy atom. The molecule has 0 aromatic carbocycles. The van der Waals surface area contributed by atoms with Crippen LogP contribution in [0.4, 0.5) is 0 Å². The molecule has 0 saturated heterocycles. The maximum absolute atomic E-state index is 8.44. The minimum atomic E-state index is -3.11. The second-order valence-electron chi connectivity index (χ2n) is 0.408.